The number of benzene rings is 2. The third-order valence-electron chi connectivity index (χ3n) is 4.54. The molecule has 0 saturated heterocycles. The highest BCUT2D eigenvalue weighted by atomic mass is 32.2. The molecule has 5 nitrogen and oxygen atoms in total. The minimum absolute atomic E-state index is 0.115. The first-order valence-electron chi connectivity index (χ1n) is 9.23. The molecule has 0 aliphatic carbocycles. The number of carbonyl (C=O) groups is 1. The molecule has 0 spiro atoms. The summed E-state index contributed by atoms with van der Waals surface area (Å²) in [6.07, 6.45) is -4.39. The summed E-state index contributed by atoms with van der Waals surface area (Å²) in [7, 11) is -3.38. The van der Waals surface area contributed by atoms with Crippen molar-refractivity contribution in [3.63, 3.8) is 0 Å². The Morgan fingerprint density at radius 3 is 1.77 bits per heavy atom. The lowest BCUT2D eigenvalue weighted by Crippen LogP contribution is -2.47. The van der Waals surface area contributed by atoms with Gasteiger partial charge in [-0.3, -0.25) is 10.1 Å². The molecule has 0 bridgehead atoms. The summed E-state index contributed by atoms with van der Waals surface area (Å²) in [5.74, 6) is -1.58. The van der Waals surface area contributed by atoms with Crippen molar-refractivity contribution in [1.29, 1.82) is 0 Å². The molecule has 0 aliphatic rings. The highest BCUT2D eigenvalue weighted by molar-refractivity contribution is 7.90. The number of sulfone groups is 1. The summed E-state index contributed by atoms with van der Waals surface area (Å²) in [4.78, 5) is 11.5. The minimum atomic E-state index is -4.81. The normalized spacial score (nSPS) is 14.8. The Balaban J connectivity index is 2.32. The van der Waals surface area contributed by atoms with Crippen LogP contribution in [0.4, 0.5) is 17.6 Å². The van der Waals surface area contributed by atoms with Gasteiger partial charge in [-0.15, -0.1) is 0 Å². The Morgan fingerprint density at radius 1 is 0.968 bits per heavy atom. The van der Waals surface area contributed by atoms with Crippen LogP contribution in [0, 0.1) is 0 Å². The number of rotatable bonds is 8. The van der Waals surface area contributed by atoms with Crippen LogP contribution in [0.2, 0.25) is 0 Å². The number of halogens is 4. The fourth-order valence-electron chi connectivity index (χ4n) is 3.05. The highest BCUT2D eigenvalue weighted by Gasteiger charge is 2.43. The lowest BCUT2D eigenvalue weighted by Gasteiger charge is -2.28. The van der Waals surface area contributed by atoms with Gasteiger partial charge in [-0.05, 0) is 42.7 Å². The van der Waals surface area contributed by atoms with Crippen LogP contribution in [-0.2, 0) is 14.6 Å². The number of nitrogens with one attached hydrogen (secondary N) is 1. The average Bonchev–Trinajstić information content (AvgIpc) is 2.62. The van der Waals surface area contributed by atoms with E-state index in [0.717, 1.165) is 20.1 Å². The van der Waals surface area contributed by atoms with Crippen molar-refractivity contribution in [1.82, 2.24) is 5.32 Å². The molecule has 2 atom stereocenters. The van der Waals surface area contributed by atoms with Crippen molar-refractivity contribution in [3.8, 4) is 11.1 Å². The molecule has 0 fully saturated rings. The maximum atomic E-state index is 13.9. The van der Waals surface area contributed by atoms with Crippen LogP contribution in [0.1, 0.15) is 31.9 Å². The Morgan fingerprint density at radius 2 is 1.42 bits per heavy atom. The predicted molar refractivity (Wildman–Crippen MR) is 108 cm³/mol. The van der Waals surface area contributed by atoms with E-state index in [1.807, 2.05) is 5.32 Å². The molecule has 2 aromatic rings. The van der Waals surface area contributed by atoms with Gasteiger partial charge in [-0.2, -0.15) is 13.2 Å². The quantitative estimate of drug-likeness (QED) is 0.564. The van der Waals surface area contributed by atoms with Crippen LogP contribution in [0.3, 0.4) is 0 Å². The van der Waals surface area contributed by atoms with E-state index >= 15 is 0 Å². The zero-order valence-corrected chi connectivity index (χ0v) is 17.9. The SMILES string of the molecule is CC(C)(F)C[C@@H](N[C@H](c1ccc(-c2ccc(S(C)(=O)=O)cc2)cc1)C(F)(F)F)C(=O)O. The van der Waals surface area contributed by atoms with Crippen LogP contribution < -0.4 is 5.32 Å². The monoisotopic (exact) mass is 461 g/mol. The van der Waals surface area contributed by atoms with Crippen LogP contribution >= 0.6 is 0 Å². The molecule has 2 rings (SSSR count). The standard InChI is InChI=1S/C21H23F4NO4S/c1-20(2,22)12-17(19(27)28)26-18(21(23,24)25)15-6-4-13(5-7-15)14-8-10-16(11-9-14)31(3,29)30/h4-11,17-18,26H,12H2,1-3H3,(H,27,28)/t17-,18-/m1/s1. The Bertz CT molecular complexity index is 1010. The Labute approximate surface area is 178 Å². The summed E-state index contributed by atoms with van der Waals surface area (Å²) >= 11 is 0. The van der Waals surface area contributed by atoms with E-state index in [0.29, 0.717) is 11.1 Å². The fourth-order valence-corrected chi connectivity index (χ4v) is 3.68. The van der Waals surface area contributed by atoms with Crippen LogP contribution in [-0.4, -0.2) is 43.6 Å². The number of alkyl halides is 4. The van der Waals surface area contributed by atoms with E-state index in [9.17, 15) is 35.9 Å². The van der Waals surface area contributed by atoms with E-state index in [1.165, 1.54) is 48.5 Å². The lowest BCUT2D eigenvalue weighted by atomic mass is 9.97. The van der Waals surface area contributed by atoms with Crippen molar-refractivity contribution in [2.75, 3.05) is 6.26 Å². The molecule has 2 aromatic carbocycles. The van der Waals surface area contributed by atoms with Crippen LogP contribution in [0.15, 0.2) is 53.4 Å². The third kappa shape index (κ3) is 7.03. The first-order chi connectivity index (χ1) is 14.1. The van der Waals surface area contributed by atoms with Gasteiger partial charge in [-0.1, -0.05) is 36.4 Å². The van der Waals surface area contributed by atoms with Crippen LogP contribution in [0.25, 0.3) is 11.1 Å². The van der Waals surface area contributed by atoms with Gasteiger partial charge in [0, 0.05) is 12.7 Å². The Hall–Kier alpha value is -2.46. The van der Waals surface area contributed by atoms with E-state index in [2.05, 4.69) is 0 Å². The van der Waals surface area contributed by atoms with Crippen molar-refractivity contribution >= 4 is 15.8 Å². The number of hydrogen-bond acceptors (Lipinski definition) is 4. The van der Waals surface area contributed by atoms with Gasteiger partial charge in [0.15, 0.2) is 9.84 Å². The highest BCUT2D eigenvalue weighted by Crippen LogP contribution is 2.35. The third-order valence-corrected chi connectivity index (χ3v) is 5.67. The van der Waals surface area contributed by atoms with Gasteiger partial charge in [-0.25, -0.2) is 12.8 Å². The number of carboxylic acids is 1. The van der Waals surface area contributed by atoms with Crippen molar-refractivity contribution in [3.05, 3.63) is 54.1 Å². The minimum Gasteiger partial charge on any atom is -0.480 e. The van der Waals surface area contributed by atoms with Crippen molar-refractivity contribution in [2.24, 2.45) is 0 Å². The fraction of sp³-hybridized carbons (Fsp3) is 0.381. The molecule has 0 aliphatic heterocycles. The second-order valence-corrected chi connectivity index (χ2v) is 9.89. The summed E-state index contributed by atoms with van der Waals surface area (Å²) in [6.45, 7) is 2.19. The summed E-state index contributed by atoms with van der Waals surface area (Å²) in [5, 5.41) is 11.2. The first kappa shape index (κ1) is 24.8. The first-order valence-corrected chi connectivity index (χ1v) is 11.1. The molecule has 0 aromatic heterocycles. The summed E-state index contributed by atoms with van der Waals surface area (Å²) in [6, 6.07) is 7.05. The molecule has 170 valence electrons. The van der Waals surface area contributed by atoms with Gasteiger partial charge in [0.05, 0.1) is 4.90 Å². The van der Waals surface area contributed by atoms with Crippen molar-refractivity contribution in [2.45, 2.75) is 49.1 Å². The lowest BCUT2D eigenvalue weighted by molar-refractivity contribution is -0.164. The molecule has 2 N–H and O–H groups in total. The topological polar surface area (TPSA) is 83.5 Å². The van der Waals surface area contributed by atoms with E-state index in [1.54, 1.807) is 0 Å². The van der Waals surface area contributed by atoms with E-state index in [-0.39, 0.29) is 10.5 Å². The molecule has 0 unspecified atom stereocenters. The zero-order valence-electron chi connectivity index (χ0n) is 17.1. The summed E-state index contributed by atoms with van der Waals surface area (Å²) in [5.41, 5.74) is -1.07. The number of aliphatic carboxylic acids is 1. The van der Waals surface area contributed by atoms with E-state index < -0.39 is 46.2 Å². The summed E-state index contributed by atoms with van der Waals surface area (Å²) < 4.78 is 77.9. The Kier molecular flexibility index (Phi) is 7.17. The van der Waals surface area contributed by atoms with Crippen molar-refractivity contribution < 1.29 is 35.9 Å². The molecule has 0 amide bonds. The molecule has 31 heavy (non-hydrogen) atoms. The second kappa shape index (κ2) is 8.96. The molecule has 0 radical (unpaired) electrons. The van der Waals surface area contributed by atoms with Gasteiger partial charge >= 0.3 is 12.1 Å². The molecule has 10 heteroatoms. The molecular formula is C21H23F4NO4S. The zero-order chi connectivity index (χ0) is 23.6. The predicted octanol–water partition coefficient (Wildman–Crippen LogP) is 4.54. The number of hydrogen-bond donors (Lipinski definition) is 2. The second-order valence-electron chi connectivity index (χ2n) is 7.87. The molecule has 0 saturated carbocycles. The van der Waals surface area contributed by atoms with Gasteiger partial charge < -0.3 is 5.11 Å². The van der Waals surface area contributed by atoms with E-state index in [4.69, 9.17) is 0 Å². The smallest absolute Gasteiger partial charge is 0.407 e. The average molecular weight is 461 g/mol. The number of carboxylic acid groups (broad SMARTS) is 1. The van der Waals surface area contributed by atoms with Gasteiger partial charge in [0.1, 0.15) is 17.8 Å². The van der Waals surface area contributed by atoms with Crippen LogP contribution in [0.5, 0.6) is 0 Å². The molecule has 0 heterocycles. The molecular weight excluding hydrogens is 438 g/mol. The van der Waals surface area contributed by atoms with Gasteiger partial charge in [0.2, 0.25) is 0 Å². The maximum absolute atomic E-state index is 13.9. The maximum Gasteiger partial charge on any atom is 0.407 e. The van der Waals surface area contributed by atoms with Gasteiger partial charge in [0.25, 0.3) is 0 Å². The largest absolute Gasteiger partial charge is 0.480 e.